The van der Waals surface area contributed by atoms with Crippen LogP contribution in [0.2, 0.25) is 0 Å². The molecule has 0 aliphatic heterocycles. The molecule has 5 heteroatoms. The van der Waals surface area contributed by atoms with Crippen LogP contribution in [0.5, 0.6) is 0 Å². The lowest BCUT2D eigenvalue weighted by molar-refractivity contribution is -0.428. The lowest BCUT2D eigenvalue weighted by atomic mass is 10.1. The highest BCUT2D eigenvalue weighted by Gasteiger charge is 2.08. The molecule has 0 aliphatic carbocycles. The second kappa shape index (κ2) is 15.0. The van der Waals surface area contributed by atoms with E-state index in [1.54, 1.807) is 6.08 Å². The molecule has 0 saturated carbocycles. The van der Waals surface area contributed by atoms with Crippen LogP contribution >= 0.6 is 0 Å². The molecule has 0 radical (unpaired) electrons. The van der Waals surface area contributed by atoms with Gasteiger partial charge in [-0.15, -0.1) is 0 Å². The molecule has 0 atom stereocenters. The second-order valence-electron chi connectivity index (χ2n) is 5.44. The van der Waals surface area contributed by atoms with E-state index in [2.05, 4.69) is 19.1 Å². The molecule has 0 saturated heterocycles. The number of aliphatic carboxylic acids is 1. The molecule has 0 rings (SSSR count). The fourth-order valence-corrected chi connectivity index (χ4v) is 2.12. The van der Waals surface area contributed by atoms with Gasteiger partial charge in [0.05, 0.1) is 4.92 Å². The van der Waals surface area contributed by atoms with Gasteiger partial charge in [-0.25, -0.2) is 0 Å². The number of carboxylic acids is 1. The summed E-state index contributed by atoms with van der Waals surface area (Å²) in [5.41, 5.74) is 0.282. The predicted molar refractivity (Wildman–Crippen MR) is 92.8 cm³/mol. The van der Waals surface area contributed by atoms with Gasteiger partial charge in [-0.1, -0.05) is 50.5 Å². The lowest BCUT2D eigenvalue weighted by Gasteiger charge is -2.00. The number of hydrogen-bond acceptors (Lipinski definition) is 3. The largest absolute Gasteiger partial charge is 0.481 e. The molecule has 0 spiro atoms. The Morgan fingerprint density at radius 1 is 0.957 bits per heavy atom. The molecule has 23 heavy (non-hydrogen) atoms. The van der Waals surface area contributed by atoms with Gasteiger partial charge < -0.3 is 5.11 Å². The monoisotopic (exact) mass is 323 g/mol. The summed E-state index contributed by atoms with van der Waals surface area (Å²) in [7, 11) is 0. The molecule has 0 unspecified atom stereocenters. The molecule has 0 bridgehead atoms. The van der Waals surface area contributed by atoms with Crippen molar-refractivity contribution >= 4 is 5.97 Å². The third-order valence-corrected chi connectivity index (χ3v) is 3.39. The van der Waals surface area contributed by atoms with Crippen molar-refractivity contribution in [2.45, 2.75) is 71.1 Å². The van der Waals surface area contributed by atoms with Gasteiger partial charge in [-0.2, -0.15) is 0 Å². The summed E-state index contributed by atoms with van der Waals surface area (Å²) < 4.78 is 0. The van der Waals surface area contributed by atoms with Crippen molar-refractivity contribution in [3.8, 4) is 0 Å². The highest BCUT2D eigenvalue weighted by molar-refractivity contribution is 5.66. The number of carbonyl (C=O) groups is 1. The first-order valence-corrected chi connectivity index (χ1v) is 8.43. The van der Waals surface area contributed by atoms with E-state index >= 15 is 0 Å². The van der Waals surface area contributed by atoms with Crippen molar-refractivity contribution in [2.24, 2.45) is 0 Å². The third kappa shape index (κ3) is 14.8. The number of rotatable bonds is 14. The van der Waals surface area contributed by atoms with E-state index < -0.39 is 5.97 Å². The first-order chi connectivity index (χ1) is 11.1. The Bertz CT molecular complexity index is 425. The normalized spacial score (nSPS) is 12.3. The molecule has 0 heterocycles. The van der Waals surface area contributed by atoms with Gasteiger partial charge in [0, 0.05) is 12.8 Å². The number of nitro groups is 1. The Balaban J connectivity index is 3.89. The molecule has 0 aromatic carbocycles. The maximum atomic E-state index is 11.0. The van der Waals surface area contributed by atoms with Crippen molar-refractivity contribution in [1.29, 1.82) is 0 Å². The maximum Gasteiger partial charge on any atom is 0.303 e. The summed E-state index contributed by atoms with van der Waals surface area (Å²) in [6.07, 6.45) is 17.2. The van der Waals surface area contributed by atoms with Crippen LogP contribution in [-0.2, 0) is 4.79 Å². The van der Waals surface area contributed by atoms with Crippen LogP contribution in [0.3, 0.4) is 0 Å². The molecule has 0 amide bonds. The zero-order chi connectivity index (χ0) is 17.3. The minimum Gasteiger partial charge on any atom is -0.481 e. The topological polar surface area (TPSA) is 80.4 Å². The Labute approximate surface area is 138 Å². The number of carboxylic acid groups (broad SMARTS) is 1. The van der Waals surface area contributed by atoms with Crippen LogP contribution in [0, 0.1) is 10.1 Å². The van der Waals surface area contributed by atoms with Crippen molar-refractivity contribution in [3.05, 3.63) is 46.2 Å². The number of nitrogens with zero attached hydrogens (tertiary/aromatic N) is 1. The lowest BCUT2D eigenvalue weighted by Crippen LogP contribution is -1.99. The summed E-state index contributed by atoms with van der Waals surface area (Å²) in [6.45, 7) is 2.08. The molecular weight excluding hydrogens is 294 g/mol. The number of allylic oxidation sites excluding steroid dienone is 6. The number of unbranched alkanes of at least 4 members (excludes halogenated alkanes) is 4. The van der Waals surface area contributed by atoms with Gasteiger partial charge in [0.25, 0.3) is 0 Å². The first kappa shape index (κ1) is 21.1. The van der Waals surface area contributed by atoms with Crippen molar-refractivity contribution < 1.29 is 14.8 Å². The Kier molecular flexibility index (Phi) is 13.8. The number of hydrogen-bond donors (Lipinski definition) is 1. The molecule has 1 N–H and O–H groups in total. The average Bonchev–Trinajstić information content (AvgIpc) is 2.50. The van der Waals surface area contributed by atoms with Gasteiger partial charge in [-0.05, 0) is 38.2 Å². The molecule has 0 fully saturated rings. The molecule has 0 aromatic heterocycles. The highest BCUT2D eigenvalue weighted by atomic mass is 16.6. The summed E-state index contributed by atoms with van der Waals surface area (Å²) in [6, 6.07) is 0. The minimum absolute atomic E-state index is 0.208. The molecule has 5 nitrogen and oxygen atoms in total. The summed E-state index contributed by atoms with van der Waals surface area (Å²) in [5, 5.41) is 19.5. The fraction of sp³-hybridized carbons (Fsp3) is 0.611. The highest BCUT2D eigenvalue weighted by Crippen LogP contribution is 2.13. The van der Waals surface area contributed by atoms with E-state index in [1.807, 2.05) is 12.2 Å². The van der Waals surface area contributed by atoms with Gasteiger partial charge >= 0.3 is 5.97 Å². The van der Waals surface area contributed by atoms with Gasteiger partial charge in [0.1, 0.15) is 0 Å². The van der Waals surface area contributed by atoms with Crippen LogP contribution in [0.25, 0.3) is 0 Å². The van der Waals surface area contributed by atoms with E-state index in [9.17, 15) is 14.9 Å². The van der Waals surface area contributed by atoms with E-state index in [0.717, 1.165) is 38.5 Å². The zero-order valence-corrected chi connectivity index (χ0v) is 14.1. The summed E-state index contributed by atoms with van der Waals surface area (Å²) >= 11 is 0. The Morgan fingerprint density at radius 2 is 1.52 bits per heavy atom. The van der Waals surface area contributed by atoms with Gasteiger partial charge in [0.2, 0.25) is 5.70 Å². The van der Waals surface area contributed by atoms with Crippen molar-refractivity contribution in [3.63, 3.8) is 0 Å². The standard InChI is InChI=1S/C18H29NO4/c1-2-3-4-5-6-8-11-14-17(19(22)23)15-12-9-7-10-13-16-18(20)21/h3-4,6,8,14H,2,5,7,9-13,15-16H2,1H3,(H,20,21). The van der Waals surface area contributed by atoms with Crippen LogP contribution in [0.15, 0.2) is 36.1 Å². The van der Waals surface area contributed by atoms with E-state index in [-0.39, 0.29) is 17.0 Å². The van der Waals surface area contributed by atoms with Crippen molar-refractivity contribution in [1.82, 2.24) is 0 Å². The van der Waals surface area contributed by atoms with Crippen LogP contribution in [0.1, 0.15) is 71.1 Å². The van der Waals surface area contributed by atoms with Crippen LogP contribution in [-0.4, -0.2) is 16.0 Å². The van der Waals surface area contributed by atoms with E-state index in [1.165, 1.54) is 0 Å². The maximum absolute atomic E-state index is 11.0. The fourth-order valence-electron chi connectivity index (χ4n) is 2.12. The van der Waals surface area contributed by atoms with Crippen LogP contribution in [0.4, 0.5) is 0 Å². The molecule has 0 aromatic rings. The Morgan fingerprint density at radius 3 is 2.13 bits per heavy atom. The predicted octanol–water partition coefficient (Wildman–Crippen LogP) is 5.26. The van der Waals surface area contributed by atoms with Gasteiger partial charge in [0.15, 0.2) is 0 Å². The molecule has 130 valence electrons. The second-order valence-corrected chi connectivity index (χ2v) is 5.44. The molecule has 0 aliphatic rings. The van der Waals surface area contributed by atoms with Crippen molar-refractivity contribution in [2.75, 3.05) is 0 Å². The average molecular weight is 323 g/mol. The van der Waals surface area contributed by atoms with E-state index in [4.69, 9.17) is 5.11 Å². The third-order valence-electron chi connectivity index (χ3n) is 3.39. The van der Waals surface area contributed by atoms with E-state index in [0.29, 0.717) is 19.3 Å². The first-order valence-electron chi connectivity index (χ1n) is 8.43. The zero-order valence-electron chi connectivity index (χ0n) is 14.1. The quantitative estimate of drug-likeness (QED) is 0.204. The minimum atomic E-state index is -0.762. The Hall–Kier alpha value is -1.91. The van der Waals surface area contributed by atoms with Gasteiger partial charge in [-0.3, -0.25) is 14.9 Å². The summed E-state index contributed by atoms with van der Waals surface area (Å²) in [4.78, 5) is 21.0. The van der Waals surface area contributed by atoms with Crippen LogP contribution < -0.4 is 0 Å². The molecular formula is C18H29NO4. The smallest absolute Gasteiger partial charge is 0.303 e. The summed E-state index contributed by atoms with van der Waals surface area (Å²) in [5.74, 6) is -0.762. The SMILES string of the molecule is CCC=CCC=CCC=C(CCCCCCCC(=O)O)[N+](=O)[O-].